The Bertz CT molecular complexity index is 1200. The van der Waals surface area contributed by atoms with Crippen LogP contribution in [0.5, 0.6) is 0 Å². The summed E-state index contributed by atoms with van der Waals surface area (Å²) in [4.78, 5) is 24.5. The van der Waals surface area contributed by atoms with Crippen LogP contribution in [0.3, 0.4) is 0 Å². The monoisotopic (exact) mass is 450 g/mol. The molecule has 5 rings (SSSR count). The summed E-state index contributed by atoms with van der Waals surface area (Å²) in [5, 5.41) is 5.92. The number of aryl methyl sites for hydroxylation is 2. The maximum atomic E-state index is 14.4. The average molecular weight is 450 g/mol. The molecule has 1 amide bonds. The molecule has 0 aromatic carbocycles. The zero-order valence-corrected chi connectivity index (χ0v) is 16.9. The highest BCUT2D eigenvalue weighted by molar-refractivity contribution is 5.91. The Kier molecular flexibility index (Phi) is 4.75. The molecular formula is C20H18F4N6O2. The predicted molar refractivity (Wildman–Crippen MR) is 101 cm³/mol. The largest absolute Gasteiger partial charge is 0.453 e. The van der Waals surface area contributed by atoms with Gasteiger partial charge in [-0.05, 0) is 31.7 Å². The summed E-state index contributed by atoms with van der Waals surface area (Å²) in [6.45, 7) is 0. The molecule has 0 saturated heterocycles. The summed E-state index contributed by atoms with van der Waals surface area (Å²) in [5.74, 6) is -2.32. The maximum absolute atomic E-state index is 14.4. The van der Waals surface area contributed by atoms with E-state index in [9.17, 15) is 22.4 Å². The molecular weight excluding hydrogens is 432 g/mol. The minimum atomic E-state index is -4.76. The van der Waals surface area contributed by atoms with E-state index in [4.69, 9.17) is 4.42 Å². The fraction of sp³-hybridized carbons (Fsp3) is 0.450. The Hall–Kier alpha value is -3.31. The molecule has 2 aliphatic rings. The second-order valence-corrected chi connectivity index (χ2v) is 7.99. The molecule has 3 aromatic heterocycles. The number of oxazole rings is 1. The van der Waals surface area contributed by atoms with Crippen LogP contribution in [-0.4, -0.2) is 30.6 Å². The third kappa shape index (κ3) is 3.73. The van der Waals surface area contributed by atoms with Gasteiger partial charge in [-0.1, -0.05) is 0 Å². The van der Waals surface area contributed by atoms with Crippen molar-refractivity contribution >= 4 is 5.91 Å². The third-order valence-corrected chi connectivity index (χ3v) is 5.58. The van der Waals surface area contributed by atoms with Gasteiger partial charge in [-0.3, -0.25) is 9.78 Å². The van der Waals surface area contributed by atoms with Gasteiger partial charge in [0.05, 0.1) is 17.8 Å². The van der Waals surface area contributed by atoms with Crippen LogP contribution < -0.4 is 5.32 Å². The van der Waals surface area contributed by atoms with Gasteiger partial charge in [-0.2, -0.15) is 18.2 Å². The van der Waals surface area contributed by atoms with Gasteiger partial charge in [-0.25, -0.2) is 14.1 Å². The van der Waals surface area contributed by atoms with E-state index in [0.29, 0.717) is 36.6 Å². The van der Waals surface area contributed by atoms with Gasteiger partial charge in [-0.15, -0.1) is 5.10 Å². The molecule has 0 aliphatic heterocycles. The molecule has 3 aromatic rings. The molecule has 12 heteroatoms. The van der Waals surface area contributed by atoms with E-state index in [1.165, 1.54) is 7.05 Å². The highest BCUT2D eigenvalue weighted by Gasteiger charge is 2.38. The number of rotatable bonds is 4. The average Bonchev–Trinajstić information content (AvgIpc) is 3.35. The van der Waals surface area contributed by atoms with Gasteiger partial charge in [0, 0.05) is 25.1 Å². The lowest BCUT2D eigenvalue weighted by molar-refractivity contribution is -0.144. The highest BCUT2D eigenvalue weighted by atomic mass is 19.4. The van der Waals surface area contributed by atoms with Crippen molar-refractivity contribution in [3.8, 4) is 11.5 Å². The van der Waals surface area contributed by atoms with Crippen molar-refractivity contribution in [1.29, 1.82) is 0 Å². The predicted octanol–water partition coefficient (Wildman–Crippen LogP) is 3.71. The Morgan fingerprint density at radius 2 is 2.03 bits per heavy atom. The summed E-state index contributed by atoms with van der Waals surface area (Å²) in [5.41, 5.74) is 1.41. The van der Waals surface area contributed by atoms with Gasteiger partial charge in [0.1, 0.15) is 11.5 Å². The van der Waals surface area contributed by atoms with E-state index in [2.05, 4.69) is 25.4 Å². The molecule has 1 saturated carbocycles. The van der Waals surface area contributed by atoms with Crippen LogP contribution in [0.1, 0.15) is 71.2 Å². The lowest BCUT2D eigenvalue weighted by atomic mass is 9.97. The summed E-state index contributed by atoms with van der Waals surface area (Å²) in [6.07, 6.45) is 0.116. The van der Waals surface area contributed by atoms with Crippen molar-refractivity contribution in [3.05, 3.63) is 46.9 Å². The molecule has 168 valence electrons. The maximum Gasteiger partial charge on any atom is 0.453 e. The van der Waals surface area contributed by atoms with E-state index in [1.54, 1.807) is 6.07 Å². The smallest absolute Gasteiger partial charge is 0.441 e. The molecule has 0 bridgehead atoms. The van der Waals surface area contributed by atoms with Gasteiger partial charge in [0.2, 0.25) is 11.7 Å². The number of nitrogens with one attached hydrogen (secondary N) is 1. The van der Waals surface area contributed by atoms with Crippen molar-refractivity contribution in [3.63, 3.8) is 0 Å². The first-order valence-corrected chi connectivity index (χ1v) is 10.1. The molecule has 1 fully saturated rings. The Labute approximate surface area is 179 Å². The number of hydrogen-bond donors (Lipinski definition) is 1. The van der Waals surface area contributed by atoms with E-state index >= 15 is 0 Å². The molecule has 3 heterocycles. The standard InChI is InChI=1S/C20H18F4N6O2/c1-30-16(28-19(29-30)20(22,23)24)17(31)26-12-3-2-4-14-15(12)27-18(32-14)10-7-13(9-5-6-9)25-8-11(10)21/h7-9,12H,2-6H2,1H3,(H,26,31)/t12-/m0/s1. The first kappa shape index (κ1) is 20.6. The normalized spacial score (nSPS) is 18.5. The molecule has 8 nitrogen and oxygen atoms in total. The van der Waals surface area contributed by atoms with E-state index in [0.717, 1.165) is 29.4 Å². The number of fused-ring (bicyclic) bond motifs is 1. The third-order valence-electron chi connectivity index (χ3n) is 5.58. The molecule has 32 heavy (non-hydrogen) atoms. The van der Waals surface area contributed by atoms with Crippen LogP contribution in [0.4, 0.5) is 17.6 Å². The van der Waals surface area contributed by atoms with E-state index < -0.39 is 35.6 Å². The number of halogens is 4. The van der Waals surface area contributed by atoms with Crippen LogP contribution in [0.25, 0.3) is 11.5 Å². The number of amides is 1. The molecule has 1 N–H and O–H groups in total. The van der Waals surface area contributed by atoms with Crippen LogP contribution in [0.15, 0.2) is 16.7 Å². The minimum absolute atomic E-state index is 0.0935. The number of carbonyl (C=O) groups excluding carboxylic acids is 1. The number of pyridine rings is 1. The Morgan fingerprint density at radius 3 is 2.72 bits per heavy atom. The molecule has 2 aliphatic carbocycles. The fourth-order valence-corrected chi connectivity index (χ4v) is 3.82. The van der Waals surface area contributed by atoms with Crippen molar-refractivity contribution in [2.75, 3.05) is 0 Å². The highest BCUT2D eigenvalue weighted by Crippen LogP contribution is 2.41. The van der Waals surface area contributed by atoms with Crippen molar-refractivity contribution < 1.29 is 26.8 Å². The van der Waals surface area contributed by atoms with Crippen LogP contribution in [0, 0.1) is 5.82 Å². The second kappa shape index (κ2) is 7.38. The lowest BCUT2D eigenvalue weighted by Crippen LogP contribution is -2.32. The summed E-state index contributed by atoms with van der Waals surface area (Å²) >= 11 is 0. The lowest BCUT2D eigenvalue weighted by Gasteiger charge is -2.20. The van der Waals surface area contributed by atoms with Crippen LogP contribution >= 0.6 is 0 Å². The van der Waals surface area contributed by atoms with Crippen LogP contribution in [0.2, 0.25) is 0 Å². The zero-order valence-electron chi connectivity index (χ0n) is 16.9. The summed E-state index contributed by atoms with van der Waals surface area (Å²) in [7, 11) is 1.21. The van der Waals surface area contributed by atoms with Crippen LogP contribution in [-0.2, 0) is 19.6 Å². The van der Waals surface area contributed by atoms with Gasteiger partial charge >= 0.3 is 6.18 Å². The quantitative estimate of drug-likeness (QED) is 0.609. The number of aromatic nitrogens is 5. The SMILES string of the molecule is Cn1nc(C(F)(F)F)nc1C(=O)N[C@H]1CCCc2oc(-c3cc(C4CC4)ncc3F)nc21. The van der Waals surface area contributed by atoms with E-state index in [-0.39, 0.29) is 11.5 Å². The molecule has 0 spiro atoms. The van der Waals surface area contributed by atoms with Gasteiger partial charge in [0.15, 0.2) is 5.82 Å². The van der Waals surface area contributed by atoms with Crippen molar-refractivity contribution in [2.24, 2.45) is 7.05 Å². The van der Waals surface area contributed by atoms with Crippen molar-refractivity contribution in [1.82, 2.24) is 30.0 Å². The van der Waals surface area contributed by atoms with E-state index in [1.807, 2.05) is 0 Å². The first-order valence-electron chi connectivity index (χ1n) is 10.1. The van der Waals surface area contributed by atoms with Crippen molar-refractivity contribution in [2.45, 2.75) is 50.2 Å². The fourth-order valence-electron chi connectivity index (χ4n) is 3.82. The Morgan fingerprint density at radius 1 is 1.25 bits per heavy atom. The number of carbonyl (C=O) groups is 1. The van der Waals surface area contributed by atoms with Gasteiger partial charge in [0.25, 0.3) is 11.7 Å². The molecule has 0 radical (unpaired) electrons. The van der Waals surface area contributed by atoms with Gasteiger partial charge < -0.3 is 9.73 Å². The second-order valence-electron chi connectivity index (χ2n) is 7.99. The topological polar surface area (TPSA) is 98.7 Å². The summed E-state index contributed by atoms with van der Waals surface area (Å²) < 4.78 is 59.6. The Balaban J connectivity index is 1.41. The molecule has 0 unspecified atom stereocenters. The minimum Gasteiger partial charge on any atom is -0.441 e. The number of alkyl halides is 3. The number of nitrogens with zero attached hydrogens (tertiary/aromatic N) is 5. The molecule has 1 atom stereocenters. The number of hydrogen-bond acceptors (Lipinski definition) is 6. The first-order chi connectivity index (χ1) is 15.2. The summed E-state index contributed by atoms with van der Waals surface area (Å²) in [6, 6.07) is 1.03. The zero-order chi connectivity index (χ0) is 22.6.